The van der Waals surface area contributed by atoms with Gasteiger partial charge in [-0.2, -0.15) is 11.3 Å². The van der Waals surface area contributed by atoms with E-state index in [1.54, 1.807) is 23.5 Å². The van der Waals surface area contributed by atoms with E-state index in [1.165, 1.54) is 12.1 Å². The van der Waals surface area contributed by atoms with E-state index >= 15 is 0 Å². The fourth-order valence-corrected chi connectivity index (χ4v) is 2.61. The van der Waals surface area contributed by atoms with Crippen molar-refractivity contribution in [2.45, 2.75) is 6.92 Å². The van der Waals surface area contributed by atoms with Gasteiger partial charge < -0.3 is 9.52 Å². The predicted octanol–water partition coefficient (Wildman–Crippen LogP) is 3.47. The summed E-state index contributed by atoms with van der Waals surface area (Å²) in [5.41, 5.74) is 2.94. The Morgan fingerprint density at radius 1 is 1.15 bits per heavy atom. The zero-order valence-corrected chi connectivity index (χ0v) is 11.3. The maximum atomic E-state index is 10.8. The van der Waals surface area contributed by atoms with Crippen LogP contribution in [0.25, 0.3) is 22.9 Å². The number of aromatic carboxylic acids is 1. The first-order chi connectivity index (χ1) is 9.65. The smallest absolute Gasteiger partial charge is 0.335 e. The number of hydrogen-bond donors (Lipinski definition) is 1. The summed E-state index contributed by atoms with van der Waals surface area (Å²) in [6.45, 7) is 1.98. The van der Waals surface area contributed by atoms with E-state index in [9.17, 15) is 4.79 Å². The Hall–Kier alpha value is -2.47. The van der Waals surface area contributed by atoms with Crippen LogP contribution in [-0.4, -0.2) is 21.3 Å². The highest BCUT2D eigenvalue weighted by Gasteiger charge is 2.13. The summed E-state index contributed by atoms with van der Waals surface area (Å²) in [6.07, 6.45) is 0. The second kappa shape index (κ2) is 4.90. The lowest BCUT2D eigenvalue weighted by molar-refractivity contribution is 0.0697. The van der Waals surface area contributed by atoms with Crippen molar-refractivity contribution in [1.29, 1.82) is 0 Å². The van der Waals surface area contributed by atoms with E-state index in [0.717, 1.165) is 11.1 Å². The Labute approximate surface area is 118 Å². The molecule has 0 radical (unpaired) electrons. The molecule has 0 aliphatic heterocycles. The van der Waals surface area contributed by atoms with Crippen molar-refractivity contribution < 1.29 is 14.3 Å². The maximum Gasteiger partial charge on any atom is 0.335 e. The highest BCUT2D eigenvalue weighted by Crippen LogP contribution is 2.28. The Kier molecular flexibility index (Phi) is 3.08. The zero-order valence-electron chi connectivity index (χ0n) is 10.5. The Balaban J connectivity index is 1.94. The third kappa shape index (κ3) is 2.21. The molecule has 0 aliphatic carbocycles. The van der Waals surface area contributed by atoms with Crippen LogP contribution in [0.3, 0.4) is 0 Å². The summed E-state index contributed by atoms with van der Waals surface area (Å²) in [6, 6.07) is 6.33. The number of carbonyl (C=O) groups is 1. The van der Waals surface area contributed by atoms with Crippen LogP contribution in [0, 0.1) is 6.92 Å². The average molecular weight is 286 g/mol. The SMILES string of the molecule is Cc1cscc1-c1nnc(-c2ccc(C(=O)O)cc2)o1. The number of hydrogen-bond acceptors (Lipinski definition) is 5. The molecule has 100 valence electrons. The lowest BCUT2D eigenvalue weighted by atomic mass is 10.1. The van der Waals surface area contributed by atoms with Gasteiger partial charge in [0.05, 0.1) is 11.1 Å². The van der Waals surface area contributed by atoms with E-state index in [1.807, 2.05) is 17.7 Å². The molecule has 0 aliphatic rings. The third-order valence-corrected chi connectivity index (χ3v) is 3.75. The maximum absolute atomic E-state index is 10.8. The predicted molar refractivity (Wildman–Crippen MR) is 74.7 cm³/mol. The first-order valence-corrected chi connectivity index (χ1v) is 6.80. The highest BCUT2D eigenvalue weighted by atomic mass is 32.1. The molecule has 2 heterocycles. The minimum absolute atomic E-state index is 0.224. The lowest BCUT2D eigenvalue weighted by Crippen LogP contribution is -1.94. The van der Waals surface area contributed by atoms with Gasteiger partial charge in [-0.05, 0) is 42.1 Å². The monoisotopic (exact) mass is 286 g/mol. The molecular formula is C14H10N2O3S. The quantitative estimate of drug-likeness (QED) is 0.797. The van der Waals surface area contributed by atoms with Crippen LogP contribution in [0.5, 0.6) is 0 Å². The van der Waals surface area contributed by atoms with E-state index < -0.39 is 5.97 Å². The Morgan fingerprint density at radius 2 is 1.85 bits per heavy atom. The van der Waals surface area contributed by atoms with Gasteiger partial charge in [-0.1, -0.05) is 0 Å². The molecule has 6 heteroatoms. The molecular weight excluding hydrogens is 276 g/mol. The molecule has 0 fully saturated rings. The number of carboxylic acids is 1. The summed E-state index contributed by atoms with van der Waals surface area (Å²) in [4.78, 5) is 10.8. The topological polar surface area (TPSA) is 76.2 Å². The number of nitrogens with zero attached hydrogens (tertiary/aromatic N) is 2. The van der Waals surface area contributed by atoms with Gasteiger partial charge in [0.2, 0.25) is 11.8 Å². The molecule has 0 saturated heterocycles. The number of aryl methyl sites for hydroxylation is 1. The molecule has 5 nitrogen and oxygen atoms in total. The number of carboxylic acid groups (broad SMARTS) is 1. The van der Waals surface area contributed by atoms with Gasteiger partial charge in [0, 0.05) is 10.9 Å². The molecule has 3 aromatic rings. The molecule has 0 saturated carbocycles. The van der Waals surface area contributed by atoms with Crippen LogP contribution in [0.1, 0.15) is 15.9 Å². The van der Waals surface area contributed by atoms with E-state index in [2.05, 4.69) is 10.2 Å². The second-order valence-corrected chi connectivity index (χ2v) is 5.01. The largest absolute Gasteiger partial charge is 0.478 e. The number of thiophene rings is 1. The van der Waals surface area contributed by atoms with Crippen LogP contribution in [-0.2, 0) is 0 Å². The molecule has 20 heavy (non-hydrogen) atoms. The molecule has 0 amide bonds. The van der Waals surface area contributed by atoms with Crippen molar-refractivity contribution in [3.05, 3.63) is 46.2 Å². The first kappa shape index (κ1) is 12.6. The second-order valence-electron chi connectivity index (χ2n) is 4.26. The van der Waals surface area contributed by atoms with Crippen LogP contribution in [0.15, 0.2) is 39.4 Å². The van der Waals surface area contributed by atoms with Crippen molar-refractivity contribution in [3.63, 3.8) is 0 Å². The van der Waals surface area contributed by atoms with Crippen molar-refractivity contribution in [1.82, 2.24) is 10.2 Å². The van der Waals surface area contributed by atoms with E-state index in [0.29, 0.717) is 17.3 Å². The summed E-state index contributed by atoms with van der Waals surface area (Å²) in [5, 5.41) is 20.9. The van der Waals surface area contributed by atoms with Crippen LogP contribution < -0.4 is 0 Å². The van der Waals surface area contributed by atoms with Gasteiger partial charge in [0.1, 0.15) is 0 Å². The molecule has 1 aromatic carbocycles. The van der Waals surface area contributed by atoms with Gasteiger partial charge in [-0.25, -0.2) is 4.79 Å². The van der Waals surface area contributed by atoms with Crippen LogP contribution in [0.4, 0.5) is 0 Å². The normalized spacial score (nSPS) is 10.7. The number of rotatable bonds is 3. The molecule has 2 aromatic heterocycles. The van der Waals surface area contributed by atoms with Gasteiger partial charge >= 0.3 is 5.97 Å². The fourth-order valence-electron chi connectivity index (χ4n) is 1.78. The van der Waals surface area contributed by atoms with Crippen LogP contribution in [0.2, 0.25) is 0 Å². The first-order valence-electron chi connectivity index (χ1n) is 5.85. The van der Waals surface area contributed by atoms with Crippen molar-refractivity contribution >= 4 is 17.3 Å². The average Bonchev–Trinajstić information content (AvgIpc) is 3.07. The molecule has 0 atom stereocenters. The number of aromatic nitrogens is 2. The van der Waals surface area contributed by atoms with Gasteiger partial charge in [0.25, 0.3) is 0 Å². The van der Waals surface area contributed by atoms with Gasteiger partial charge in [-0.15, -0.1) is 10.2 Å². The van der Waals surface area contributed by atoms with Gasteiger partial charge in [-0.3, -0.25) is 0 Å². The Bertz CT molecular complexity index is 759. The van der Waals surface area contributed by atoms with Gasteiger partial charge in [0.15, 0.2) is 0 Å². The molecule has 3 rings (SSSR count). The zero-order chi connectivity index (χ0) is 14.1. The third-order valence-electron chi connectivity index (χ3n) is 2.89. The lowest BCUT2D eigenvalue weighted by Gasteiger charge is -1.96. The van der Waals surface area contributed by atoms with E-state index in [-0.39, 0.29) is 5.56 Å². The standard InChI is InChI=1S/C14H10N2O3S/c1-8-6-20-7-11(8)13-16-15-12(19-13)9-2-4-10(5-3-9)14(17)18/h2-7H,1H3,(H,17,18). The summed E-state index contributed by atoms with van der Waals surface area (Å²) < 4.78 is 5.63. The van der Waals surface area contributed by atoms with Crippen molar-refractivity contribution in [3.8, 4) is 22.9 Å². The van der Waals surface area contributed by atoms with Crippen molar-refractivity contribution in [2.75, 3.05) is 0 Å². The van der Waals surface area contributed by atoms with Crippen molar-refractivity contribution in [2.24, 2.45) is 0 Å². The Morgan fingerprint density at radius 3 is 2.45 bits per heavy atom. The minimum atomic E-state index is -0.961. The van der Waals surface area contributed by atoms with Crippen LogP contribution >= 0.6 is 11.3 Å². The summed E-state index contributed by atoms with van der Waals surface area (Å²) in [7, 11) is 0. The minimum Gasteiger partial charge on any atom is -0.478 e. The molecule has 0 unspecified atom stereocenters. The highest BCUT2D eigenvalue weighted by molar-refractivity contribution is 7.08. The summed E-state index contributed by atoms with van der Waals surface area (Å²) >= 11 is 1.58. The molecule has 1 N–H and O–H groups in total. The molecule has 0 spiro atoms. The summed E-state index contributed by atoms with van der Waals surface area (Å²) in [5.74, 6) is -0.111. The fraction of sp³-hybridized carbons (Fsp3) is 0.0714. The molecule has 0 bridgehead atoms. The van der Waals surface area contributed by atoms with E-state index in [4.69, 9.17) is 9.52 Å². The number of benzene rings is 1.